The first-order chi connectivity index (χ1) is 10.4. The van der Waals surface area contributed by atoms with Gasteiger partial charge in [0.25, 0.3) is 0 Å². The summed E-state index contributed by atoms with van der Waals surface area (Å²) in [6.45, 7) is 0. The largest absolute Gasteiger partial charge is 0.260 e. The third kappa shape index (κ3) is 2.15. The molecule has 0 spiro atoms. The Morgan fingerprint density at radius 2 is 1.33 bits per heavy atom. The second-order valence-corrected chi connectivity index (χ2v) is 5.13. The van der Waals surface area contributed by atoms with Crippen LogP contribution in [0.4, 0.5) is 0 Å². The summed E-state index contributed by atoms with van der Waals surface area (Å²) in [5.74, 6) is 0. The van der Waals surface area contributed by atoms with E-state index in [1.807, 2.05) is 12.1 Å². The van der Waals surface area contributed by atoms with Crippen LogP contribution in [0.5, 0.6) is 0 Å². The standard InChI is InChI=1S/C19H14N2/c1-3-7-14(8-4-1)16-11-18-19(21-13-20-18)12-17(16)15-9-5-2-6-10-15/h1-13,18H. The fourth-order valence-corrected chi connectivity index (χ4v) is 2.77. The zero-order valence-corrected chi connectivity index (χ0v) is 11.5. The van der Waals surface area contributed by atoms with E-state index < -0.39 is 0 Å². The van der Waals surface area contributed by atoms with E-state index in [9.17, 15) is 0 Å². The maximum absolute atomic E-state index is 4.41. The molecule has 2 aromatic rings. The smallest absolute Gasteiger partial charge is 0.113 e. The SMILES string of the molecule is C1=NC2C=C(c3ccccc3)C(c3ccccc3)=CC2=N1. The van der Waals surface area contributed by atoms with Crippen molar-refractivity contribution in [3.05, 3.63) is 83.9 Å². The molecule has 0 radical (unpaired) electrons. The topological polar surface area (TPSA) is 24.7 Å². The monoisotopic (exact) mass is 270 g/mol. The van der Waals surface area contributed by atoms with E-state index in [1.54, 1.807) is 6.34 Å². The van der Waals surface area contributed by atoms with E-state index >= 15 is 0 Å². The van der Waals surface area contributed by atoms with Gasteiger partial charge in [0.1, 0.15) is 12.4 Å². The van der Waals surface area contributed by atoms with Gasteiger partial charge >= 0.3 is 0 Å². The van der Waals surface area contributed by atoms with Crippen LogP contribution in [0.25, 0.3) is 11.1 Å². The maximum atomic E-state index is 4.41. The van der Waals surface area contributed by atoms with Crippen LogP contribution in [-0.2, 0) is 0 Å². The van der Waals surface area contributed by atoms with E-state index in [4.69, 9.17) is 0 Å². The van der Waals surface area contributed by atoms with Crippen LogP contribution in [0.15, 0.2) is 82.8 Å². The maximum Gasteiger partial charge on any atom is 0.113 e. The van der Waals surface area contributed by atoms with Crippen LogP contribution in [0.3, 0.4) is 0 Å². The lowest BCUT2D eigenvalue weighted by molar-refractivity contribution is 1.12. The number of fused-ring (bicyclic) bond motifs is 1. The molecule has 2 nitrogen and oxygen atoms in total. The third-order valence-corrected chi connectivity index (χ3v) is 3.81. The Bertz CT molecular complexity index is 781. The molecule has 1 heterocycles. The van der Waals surface area contributed by atoms with Crippen molar-refractivity contribution in [2.75, 3.05) is 0 Å². The molecular weight excluding hydrogens is 256 g/mol. The number of benzene rings is 2. The fraction of sp³-hybridized carbons (Fsp3) is 0.0526. The molecule has 0 bridgehead atoms. The van der Waals surface area contributed by atoms with Crippen LogP contribution in [0.2, 0.25) is 0 Å². The molecular formula is C19H14N2. The molecule has 100 valence electrons. The minimum Gasteiger partial charge on any atom is -0.260 e. The molecule has 1 aliphatic heterocycles. The normalized spacial score (nSPS) is 19.6. The Balaban J connectivity index is 1.87. The van der Waals surface area contributed by atoms with E-state index in [0.29, 0.717) is 0 Å². The number of aliphatic imine (C=N–C) groups is 2. The van der Waals surface area contributed by atoms with Crippen LogP contribution in [0, 0.1) is 0 Å². The first-order valence-electron chi connectivity index (χ1n) is 7.06. The van der Waals surface area contributed by atoms with Crippen molar-refractivity contribution in [1.29, 1.82) is 0 Å². The predicted molar refractivity (Wildman–Crippen MR) is 88.6 cm³/mol. The van der Waals surface area contributed by atoms with E-state index in [-0.39, 0.29) is 6.04 Å². The molecule has 2 heteroatoms. The number of nitrogens with zero attached hydrogens (tertiary/aromatic N) is 2. The highest BCUT2D eigenvalue weighted by atomic mass is 15.0. The van der Waals surface area contributed by atoms with Gasteiger partial charge in [-0.1, -0.05) is 60.7 Å². The summed E-state index contributed by atoms with van der Waals surface area (Å²) in [6, 6.07) is 21.0. The molecule has 4 rings (SSSR count). The second-order valence-electron chi connectivity index (χ2n) is 5.13. The van der Waals surface area contributed by atoms with Gasteiger partial charge in [-0.2, -0.15) is 0 Å². The molecule has 21 heavy (non-hydrogen) atoms. The van der Waals surface area contributed by atoms with Gasteiger partial charge in [0.2, 0.25) is 0 Å². The van der Waals surface area contributed by atoms with Gasteiger partial charge in [0.15, 0.2) is 0 Å². The van der Waals surface area contributed by atoms with Crippen molar-refractivity contribution in [1.82, 2.24) is 0 Å². The van der Waals surface area contributed by atoms with Gasteiger partial charge in [0, 0.05) is 0 Å². The Kier molecular flexibility index (Phi) is 2.86. The summed E-state index contributed by atoms with van der Waals surface area (Å²) >= 11 is 0. The Morgan fingerprint density at radius 1 is 0.714 bits per heavy atom. The Hall–Kier alpha value is -2.74. The highest BCUT2D eigenvalue weighted by Crippen LogP contribution is 2.35. The molecule has 2 aliphatic rings. The first kappa shape index (κ1) is 12.0. The van der Waals surface area contributed by atoms with Gasteiger partial charge in [-0.3, -0.25) is 4.99 Å². The number of rotatable bonds is 2. The van der Waals surface area contributed by atoms with Gasteiger partial charge in [-0.25, -0.2) is 4.99 Å². The molecule has 0 saturated heterocycles. The van der Waals surface area contributed by atoms with Gasteiger partial charge in [-0.15, -0.1) is 0 Å². The summed E-state index contributed by atoms with van der Waals surface area (Å²) < 4.78 is 0. The van der Waals surface area contributed by atoms with Crippen LogP contribution < -0.4 is 0 Å². The second kappa shape index (κ2) is 4.98. The van der Waals surface area contributed by atoms with Crippen molar-refractivity contribution < 1.29 is 0 Å². The molecule has 0 saturated carbocycles. The molecule has 1 aliphatic carbocycles. The van der Waals surface area contributed by atoms with Crippen LogP contribution >= 0.6 is 0 Å². The summed E-state index contributed by atoms with van der Waals surface area (Å²) in [4.78, 5) is 8.78. The minimum absolute atomic E-state index is 0.0627. The van der Waals surface area contributed by atoms with E-state index in [2.05, 4.69) is 70.7 Å². The first-order valence-corrected chi connectivity index (χ1v) is 7.06. The third-order valence-electron chi connectivity index (χ3n) is 3.81. The van der Waals surface area contributed by atoms with Gasteiger partial charge in [0.05, 0.1) is 5.71 Å². The summed E-state index contributed by atoms with van der Waals surface area (Å²) in [5, 5.41) is 0. The lowest BCUT2D eigenvalue weighted by Crippen LogP contribution is -2.16. The lowest BCUT2D eigenvalue weighted by atomic mass is 9.85. The average Bonchev–Trinajstić information content (AvgIpc) is 3.03. The predicted octanol–water partition coefficient (Wildman–Crippen LogP) is 4.02. The van der Waals surface area contributed by atoms with Gasteiger partial charge in [-0.05, 0) is 34.4 Å². The molecule has 0 aromatic heterocycles. The zero-order valence-electron chi connectivity index (χ0n) is 11.5. The Labute approximate surface area is 123 Å². The summed E-state index contributed by atoms with van der Waals surface area (Å²) in [6.07, 6.45) is 6.03. The van der Waals surface area contributed by atoms with Crippen LogP contribution in [-0.4, -0.2) is 18.1 Å². The summed E-state index contributed by atoms with van der Waals surface area (Å²) in [5.41, 5.74) is 5.88. The van der Waals surface area contributed by atoms with Crippen molar-refractivity contribution in [2.24, 2.45) is 9.98 Å². The van der Waals surface area contributed by atoms with E-state index in [1.165, 1.54) is 22.3 Å². The summed E-state index contributed by atoms with van der Waals surface area (Å²) in [7, 11) is 0. The lowest BCUT2D eigenvalue weighted by Gasteiger charge is -2.20. The number of hydrogen-bond acceptors (Lipinski definition) is 2. The van der Waals surface area contributed by atoms with Crippen molar-refractivity contribution >= 4 is 23.2 Å². The van der Waals surface area contributed by atoms with E-state index in [0.717, 1.165) is 5.71 Å². The number of hydrogen-bond donors (Lipinski definition) is 0. The highest BCUT2D eigenvalue weighted by molar-refractivity contribution is 6.22. The quantitative estimate of drug-likeness (QED) is 0.787. The average molecular weight is 270 g/mol. The number of allylic oxidation sites excluding steroid dienone is 2. The molecule has 2 aromatic carbocycles. The van der Waals surface area contributed by atoms with Crippen molar-refractivity contribution in [2.45, 2.75) is 6.04 Å². The minimum atomic E-state index is 0.0627. The molecule has 0 N–H and O–H groups in total. The highest BCUT2D eigenvalue weighted by Gasteiger charge is 2.23. The molecule has 0 amide bonds. The molecule has 0 fully saturated rings. The molecule has 1 atom stereocenters. The molecule has 1 unspecified atom stereocenters. The van der Waals surface area contributed by atoms with Crippen molar-refractivity contribution in [3.63, 3.8) is 0 Å². The van der Waals surface area contributed by atoms with Gasteiger partial charge < -0.3 is 0 Å². The Morgan fingerprint density at radius 3 is 2.00 bits per heavy atom. The van der Waals surface area contributed by atoms with Crippen LogP contribution in [0.1, 0.15) is 11.1 Å². The zero-order chi connectivity index (χ0) is 14.1. The fourth-order valence-electron chi connectivity index (χ4n) is 2.77. The van der Waals surface area contributed by atoms with Crippen molar-refractivity contribution in [3.8, 4) is 0 Å².